The van der Waals surface area contributed by atoms with Gasteiger partial charge in [-0.15, -0.1) is 0 Å². The van der Waals surface area contributed by atoms with E-state index in [2.05, 4.69) is 25.6 Å². The molecule has 0 amide bonds. The smallest absolute Gasteiger partial charge is 0.304 e. The van der Waals surface area contributed by atoms with E-state index in [1.807, 2.05) is 0 Å². The van der Waals surface area contributed by atoms with Crippen LogP contribution >= 0.6 is 27.3 Å². The molecule has 0 unspecified atom stereocenters. The summed E-state index contributed by atoms with van der Waals surface area (Å²) in [7, 11) is -7.47. The van der Waals surface area contributed by atoms with Crippen LogP contribution in [-0.2, 0) is 26.4 Å². The number of nitrogens with one attached hydrogen (secondary N) is 2. The number of sulfonamides is 1. The van der Waals surface area contributed by atoms with E-state index in [1.54, 1.807) is 0 Å². The maximum absolute atomic E-state index is 12.3. The Morgan fingerprint density at radius 1 is 1.27 bits per heavy atom. The quantitative estimate of drug-likeness (QED) is 0.742. The van der Waals surface area contributed by atoms with Crippen molar-refractivity contribution >= 4 is 47.1 Å². The molecule has 2 rings (SSSR count). The summed E-state index contributed by atoms with van der Waals surface area (Å²) < 4.78 is 50.2. The van der Waals surface area contributed by atoms with E-state index in [9.17, 15) is 21.6 Å². The minimum absolute atomic E-state index is 0.0972. The molecule has 0 aliphatic heterocycles. The average Bonchev–Trinajstić information content (AvgIpc) is 2.81. The summed E-state index contributed by atoms with van der Waals surface area (Å²) in [5.74, 6) is 0. The van der Waals surface area contributed by atoms with Crippen LogP contribution in [-0.4, -0.2) is 28.1 Å². The van der Waals surface area contributed by atoms with Crippen molar-refractivity contribution in [3.63, 3.8) is 0 Å². The maximum atomic E-state index is 12.3. The van der Waals surface area contributed by atoms with Gasteiger partial charge in [0.05, 0.1) is 16.3 Å². The highest BCUT2D eigenvalue weighted by Gasteiger charge is 2.20. The van der Waals surface area contributed by atoms with Gasteiger partial charge in [-0.2, -0.15) is 0 Å². The number of aromatic nitrogens is 1. The number of thiazole rings is 1. The van der Waals surface area contributed by atoms with Crippen LogP contribution in [0, 0.1) is 0 Å². The minimum Gasteiger partial charge on any atom is -0.315 e. The van der Waals surface area contributed by atoms with Crippen molar-refractivity contribution in [1.29, 1.82) is 0 Å². The number of sulfone groups is 1. The van der Waals surface area contributed by atoms with Crippen molar-refractivity contribution in [3.8, 4) is 0 Å². The molecule has 0 bridgehead atoms. The maximum Gasteiger partial charge on any atom is 0.304 e. The van der Waals surface area contributed by atoms with Crippen LogP contribution in [0.5, 0.6) is 0 Å². The molecule has 1 aromatic carbocycles. The first kappa shape index (κ1) is 17.3. The summed E-state index contributed by atoms with van der Waals surface area (Å²) >= 11 is 4.02. The fourth-order valence-electron chi connectivity index (χ4n) is 1.57. The van der Waals surface area contributed by atoms with E-state index in [1.165, 1.54) is 17.5 Å². The second-order valence-corrected chi connectivity index (χ2v) is 9.81. The largest absolute Gasteiger partial charge is 0.315 e. The summed E-state index contributed by atoms with van der Waals surface area (Å²) in [6.07, 6.45) is 0.996. The summed E-state index contributed by atoms with van der Waals surface area (Å²) in [6.45, 7) is -0.101. The molecule has 1 aromatic heterocycles. The zero-order chi connectivity index (χ0) is 16.5. The molecule has 7 nitrogen and oxygen atoms in total. The van der Waals surface area contributed by atoms with Crippen molar-refractivity contribution in [1.82, 2.24) is 9.71 Å². The number of hydrogen-bond acceptors (Lipinski definition) is 6. The Morgan fingerprint density at radius 2 is 1.95 bits per heavy atom. The first-order valence-electron chi connectivity index (χ1n) is 5.75. The Labute approximate surface area is 139 Å². The summed E-state index contributed by atoms with van der Waals surface area (Å²) in [5, 5.41) is 1.51. The number of hydrogen-bond donors (Lipinski definition) is 2. The molecule has 0 spiro atoms. The van der Waals surface area contributed by atoms with Gasteiger partial charge in [-0.05, 0) is 34.1 Å². The van der Waals surface area contributed by atoms with Crippen molar-refractivity contribution < 1.29 is 16.8 Å². The molecule has 0 atom stereocenters. The van der Waals surface area contributed by atoms with Gasteiger partial charge in [-0.1, -0.05) is 11.3 Å². The number of aromatic amines is 1. The predicted octanol–water partition coefficient (Wildman–Crippen LogP) is 1.08. The second kappa shape index (κ2) is 6.24. The lowest BCUT2D eigenvalue weighted by Crippen LogP contribution is -2.24. The van der Waals surface area contributed by atoms with Gasteiger partial charge in [0.1, 0.15) is 0 Å². The molecule has 0 aliphatic carbocycles. The van der Waals surface area contributed by atoms with Crippen molar-refractivity contribution in [2.24, 2.45) is 0 Å². The van der Waals surface area contributed by atoms with E-state index < -0.39 is 19.9 Å². The molecule has 0 saturated heterocycles. The highest BCUT2D eigenvalue weighted by Crippen LogP contribution is 2.25. The predicted molar refractivity (Wildman–Crippen MR) is 86.2 cm³/mol. The highest BCUT2D eigenvalue weighted by atomic mass is 79.9. The van der Waals surface area contributed by atoms with E-state index in [-0.39, 0.29) is 25.7 Å². The lowest BCUT2D eigenvalue weighted by molar-refractivity contribution is 0.579. The van der Waals surface area contributed by atoms with Crippen molar-refractivity contribution in [3.05, 3.63) is 43.4 Å². The first-order valence-corrected chi connectivity index (χ1v) is 10.8. The SMILES string of the molecule is CS(=O)(=O)c1ccc(Br)c(S(=O)(=O)NCc2csc(=O)[nH]2)c1. The Kier molecular flexibility index (Phi) is 4.92. The molecule has 2 N–H and O–H groups in total. The molecule has 0 aliphatic rings. The number of rotatable bonds is 5. The highest BCUT2D eigenvalue weighted by molar-refractivity contribution is 9.10. The molecule has 0 radical (unpaired) electrons. The number of benzene rings is 1. The molecule has 1 heterocycles. The third-order valence-corrected chi connectivity index (χ3v) is 6.87. The van der Waals surface area contributed by atoms with E-state index >= 15 is 0 Å². The zero-order valence-electron chi connectivity index (χ0n) is 11.2. The molecule has 0 saturated carbocycles. The fraction of sp³-hybridized carbons (Fsp3) is 0.182. The molecule has 120 valence electrons. The van der Waals surface area contributed by atoms with Gasteiger partial charge < -0.3 is 4.98 Å². The van der Waals surface area contributed by atoms with Crippen molar-refractivity contribution in [2.45, 2.75) is 16.3 Å². The monoisotopic (exact) mass is 426 g/mol. The molecule has 0 fully saturated rings. The average molecular weight is 427 g/mol. The van der Waals surface area contributed by atoms with Crippen LogP contribution in [0.3, 0.4) is 0 Å². The van der Waals surface area contributed by atoms with Crippen LogP contribution in [0.1, 0.15) is 5.69 Å². The molecular weight excluding hydrogens is 416 g/mol. The topological polar surface area (TPSA) is 113 Å². The van der Waals surface area contributed by atoms with Crippen LogP contribution in [0.15, 0.2) is 42.6 Å². The zero-order valence-corrected chi connectivity index (χ0v) is 15.2. The summed E-state index contributed by atoms with van der Waals surface area (Å²) in [6, 6.07) is 3.75. The minimum atomic E-state index is -3.94. The summed E-state index contributed by atoms with van der Waals surface area (Å²) in [4.78, 5) is 12.9. The van der Waals surface area contributed by atoms with E-state index in [4.69, 9.17) is 0 Å². The van der Waals surface area contributed by atoms with Gasteiger partial charge in [-0.3, -0.25) is 4.79 Å². The normalized spacial score (nSPS) is 12.5. The van der Waals surface area contributed by atoms with E-state index in [0.717, 1.165) is 23.7 Å². The molecule has 22 heavy (non-hydrogen) atoms. The Balaban J connectivity index is 2.34. The standard InChI is InChI=1S/C11H11BrN2O5S3/c1-21(16,17)8-2-3-9(12)10(4-8)22(18,19)13-5-7-6-20-11(15)14-7/h2-4,6,13H,5H2,1H3,(H,14,15). The fourth-order valence-corrected chi connectivity index (χ4v) is 4.87. The van der Waals surface area contributed by atoms with Gasteiger partial charge in [0.25, 0.3) is 0 Å². The Bertz CT molecular complexity index is 960. The van der Waals surface area contributed by atoms with Gasteiger partial charge in [0.2, 0.25) is 10.0 Å². The van der Waals surface area contributed by atoms with Gasteiger partial charge in [-0.25, -0.2) is 21.6 Å². The third-order valence-electron chi connectivity index (χ3n) is 2.64. The van der Waals surface area contributed by atoms with Gasteiger partial charge in [0, 0.05) is 21.8 Å². The Hall–Kier alpha value is -1.01. The number of halogens is 1. The van der Waals surface area contributed by atoms with Crippen LogP contribution in [0.2, 0.25) is 0 Å². The van der Waals surface area contributed by atoms with Gasteiger partial charge in [0.15, 0.2) is 9.84 Å². The lowest BCUT2D eigenvalue weighted by atomic mass is 10.4. The van der Waals surface area contributed by atoms with Gasteiger partial charge >= 0.3 is 4.87 Å². The number of H-pyrrole nitrogens is 1. The third kappa shape index (κ3) is 4.04. The second-order valence-electron chi connectivity index (χ2n) is 4.36. The summed E-state index contributed by atoms with van der Waals surface area (Å²) in [5.41, 5.74) is 0.425. The van der Waals surface area contributed by atoms with E-state index in [0.29, 0.717) is 5.69 Å². The van der Waals surface area contributed by atoms with Crippen LogP contribution < -0.4 is 9.60 Å². The Morgan fingerprint density at radius 3 is 2.50 bits per heavy atom. The molecule has 2 aromatic rings. The van der Waals surface area contributed by atoms with Crippen LogP contribution in [0.4, 0.5) is 0 Å². The molecule has 11 heteroatoms. The first-order chi connectivity index (χ1) is 10.1. The lowest BCUT2D eigenvalue weighted by Gasteiger charge is -2.09. The molecular formula is C11H11BrN2O5S3. The van der Waals surface area contributed by atoms with Crippen LogP contribution in [0.25, 0.3) is 0 Å². The van der Waals surface area contributed by atoms with Crippen molar-refractivity contribution in [2.75, 3.05) is 6.26 Å².